The second-order valence-electron chi connectivity index (χ2n) is 15.8. The summed E-state index contributed by atoms with van der Waals surface area (Å²) < 4.78 is 65.6. The number of esters is 1. The zero-order chi connectivity index (χ0) is 50.3. The maximum atomic E-state index is 13.4. The summed E-state index contributed by atoms with van der Waals surface area (Å²) in [5.41, 5.74) is 6.64. The van der Waals surface area contributed by atoms with E-state index in [1.165, 1.54) is 41.1 Å². The van der Waals surface area contributed by atoms with Crippen LogP contribution in [0.3, 0.4) is 0 Å². The minimum Gasteiger partial charge on any atom is -0.508 e. The van der Waals surface area contributed by atoms with Gasteiger partial charge in [-0.05, 0) is 49.2 Å². The second kappa shape index (κ2) is 19.5. The first kappa shape index (κ1) is 50.1. The number of aromatic nitrogens is 3. The SMILES string of the molecule is Nc1ncnc2c1c(C#CCNC(=O)CCCCCNC(=O)c1ccc3c(c1)C(=O)OC31c3ccc(O)cc3Oc3cc(O)ccc31)cn2[C@@H]1O[C@H](COP(=O)(O)OP(=O)(O)OP(=O)(O)O)[C@@H](O)[C@H]1O. The van der Waals surface area contributed by atoms with Crippen LogP contribution >= 0.6 is 23.5 Å². The number of phenols is 2. The molecule has 8 rings (SSSR count). The third kappa shape index (κ3) is 10.4. The van der Waals surface area contributed by atoms with Gasteiger partial charge in [0.25, 0.3) is 5.91 Å². The number of aromatic hydroxyl groups is 2. The van der Waals surface area contributed by atoms with Crippen molar-refractivity contribution in [3.05, 3.63) is 101 Å². The Morgan fingerprint density at radius 3 is 2.23 bits per heavy atom. The van der Waals surface area contributed by atoms with Crippen LogP contribution in [0.1, 0.15) is 74.9 Å². The number of fused-ring (bicyclic) bond motifs is 7. The zero-order valence-electron chi connectivity index (χ0n) is 35.8. The van der Waals surface area contributed by atoms with Crippen molar-refractivity contribution in [3.8, 4) is 34.8 Å². The number of phosphoric ester groups is 1. The van der Waals surface area contributed by atoms with E-state index >= 15 is 0 Å². The first-order valence-corrected chi connectivity index (χ1v) is 25.3. The topological polar surface area (TPSA) is 400 Å². The zero-order valence-corrected chi connectivity index (χ0v) is 38.5. The van der Waals surface area contributed by atoms with E-state index in [0.717, 1.165) is 6.33 Å². The number of rotatable bonds is 16. The van der Waals surface area contributed by atoms with Crippen LogP contribution < -0.4 is 21.1 Å². The van der Waals surface area contributed by atoms with Crippen molar-refractivity contribution < 1.29 is 95.4 Å². The Kier molecular flexibility index (Phi) is 14.0. The van der Waals surface area contributed by atoms with Gasteiger partial charge in [-0.2, -0.15) is 8.62 Å². The molecule has 0 saturated carbocycles. The number of aliphatic hydroxyl groups is 2. The molecule has 2 amide bonds. The molecule has 1 spiro atoms. The van der Waals surface area contributed by atoms with Crippen molar-refractivity contribution in [2.45, 2.75) is 55.8 Å². The molecule has 2 aromatic heterocycles. The number of phenolic OH excluding ortho intramolecular Hbond substituents is 2. The van der Waals surface area contributed by atoms with E-state index in [-0.39, 0.29) is 82.0 Å². The van der Waals surface area contributed by atoms with E-state index in [0.29, 0.717) is 36.0 Å². The standard InChI is InChI=1S/C41H41N6O20P3/c42-36-33-22(18-47(37(33)46-20-45-36)39-35(52)34(51)31(64-39)19-62-69(58,59)67-70(60,61)66-68(55,56)57)5-4-14-43-32(50)6-2-1-3-13-44-38(53)21-7-10-26-25(15-21)40(54)65-41(26)27-11-8-23(48)16-29(27)63-30-17-24(49)9-12-28(30)41/h7-12,15-18,20,31,34-35,39,48-49,51-52H,1-3,6,13-14,19H2,(H,43,50)(H,44,53)(H,58,59)(H,60,61)(H2,42,45,46)(H2,55,56,57)/t31-,34-,35-,39-/m1/s1. The molecule has 0 bridgehead atoms. The highest BCUT2D eigenvalue weighted by molar-refractivity contribution is 7.66. The lowest BCUT2D eigenvalue weighted by atomic mass is 9.77. The number of amides is 2. The number of hydrogen-bond donors (Lipinski definition) is 11. The largest absolute Gasteiger partial charge is 0.508 e. The maximum absolute atomic E-state index is 13.4. The number of hydrogen-bond acceptors (Lipinski definition) is 19. The van der Waals surface area contributed by atoms with Crippen molar-refractivity contribution in [2.75, 3.05) is 25.4 Å². The van der Waals surface area contributed by atoms with Crippen LogP contribution in [0.25, 0.3) is 11.0 Å². The van der Waals surface area contributed by atoms with E-state index in [9.17, 15) is 58.3 Å². The van der Waals surface area contributed by atoms with Crippen molar-refractivity contribution in [1.29, 1.82) is 0 Å². The summed E-state index contributed by atoms with van der Waals surface area (Å²) in [6.45, 7) is -0.884. The lowest BCUT2D eigenvalue weighted by Crippen LogP contribution is -2.33. The average molecular weight is 1030 g/mol. The van der Waals surface area contributed by atoms with Crippen LogP contribution in [-0.4, -0.2) is 110 Å². The van der Waals surface area contributed by atoms with E-state index in [2.05, 4.69) is 45.6 Å². The number of nitrogen functional groups attached to an aromatic ring is 1. The molecule has 70 heavy (non-hydrogen) atoms. The molecule has 3 aliphatic rings. The maximum Gasteiger partial charge on any atom is 0.490 e. The highest BCUT2D eigenvalue weighted by atomic mass is 31.3. The van der Waals surface area contributed by atoms with Gasteiger partial charge in [-0.15, -0.1) is 0 Å². The summed E-state index contributed by atoms with van der Waals surface area (Å²) in [5.74, 6) is 4.44. The number of phosphoric acid groups is 3. The summed E-state index contributed by atoms with van der Waals surface area (Å²) in [6, 6.07) is 13.4. The van der Waals surface area contributed by atoms with Crippen LogP contribution in [0.2, 0.25) is 0 Å². The molecule has 3 aliphatic heterocycles. The molecular weight excluding hydrogens is 989 g/mol. The molecule has 12 N–H and O–H groups in total. The van der Waals surface area contributed by atoms with Gasteiger partial charge in [0, 0.05) is 53.5 Å². The number of nitrogens with one attached hydrogen (secondary N) is 2. The van der Waals surface area contributed by atoms with E-state index in [1.54, 1.807) is 24.3 Å². The highest BCUT2D eigenvalue weighted by Gasteiger charge is 2.54. The monoisotopic (exact) mass is 1030 g/mol. The van der Waals surface area contributed by atoms with Gasteiger partial charge in [0.1, 0.15) is 59.1 Å². The summed E-state index contributed by atoms with van der Waals surface area (Å²) >= 11 is 0. The number of carbonyl (C=O) groups excluding carboxylic acids is 3. The van der Waals surface area contributed by atoms with Gasteiger partial charge < -0.3 is 75.1 Å². The van der Waals surface area contributed by atoms with Crippen LogP contribution in [0.4, 0.5) is 5.82 Å². The number of carbonyl (C=O) groups is 3. The van der Waals surface area contributed by atoms with Gasteiger partial charge in [-0.1, -0.05) is 24.3 Å². The van der Waals surface area contributed by atoms with Crippen LogP contribution in [0.5, 0.6) is 23.0 Å². The van der Waals surface area contributed by atoms with Crippen LogP contribution in [-0.2, 0) is 46.7 Å². The van der Waals surface area contributed by atoms with E-state index < -0.39 is 72.1 Å². The first-order valence-electron chi connectivity index (χ1n) is 20.7. The number of benzene rings is 3. The van der Waals surface area contributed by atoms with Gasteiger partial charge in [-0.25, -0.2) is 28.5 Å². The van der Waals surface area contributed by atoms with Crippen molar-refractivity contribution in [3.63, 3.8) is 0 Å². The summed E-state index contributed by atoms with van der Waals surface area (Å²) in [6.07, 6.45) is -2.42. The number of anilines is 1. The lowest BCUT2D eigenvalue weighted by Gasteiger charge is -2.36. The molecule has 29 heteroatoms. The van der Waals surface area contributed by atoms with Gasteiger partial charge in [-0.3, -0.25) is 14.1 Å². The van der Waals surface area contributed by atoms with Gasteiger partial charge in [0.05, 0.1) is 29.7 Å². The van der Waals surface area contributed by atoms with Crippen molar-refractivity contribution in [2.24, 2.45) is 0 Å². The third-order valence-electron chi connectivity index (χ3n) is 11.1. The molecule has 1 saturated heterocycles. The fourth-order valence-electron chi connectivity index (χ4n) is 8.07. The Hall–Kier alpha value is -6.26. The Bertz CT molecular complexity index is 3080. The molecule has 6 atom stereocenters. The number of ether oxygens (including phenoxy) is 3. The second-order valence-corrected chi connectivity index (χ2v) is 20.2. The smallest absolute Gasteiger partial charge is 0.490 e. The Labute approximate surface area is 394 Å². The lowest BCUT2D eigenvalue weighted by molar-refractivity contribution is -0.121. The Morgan fingerprint density at radius 1 is 0.857 bits per heavy atom. The predicted molar refractivity (Wildman–Crippen MR) is 236 cm³/mol. The van der Waals surface area contributed by atoms with Gasteiger partial charge in [0.15, 0.2) is 11.8 Å². The molecule has 26 nitrogen and oxygen atoms in total. The molecule has 1 fully saturated rings. The minimum absolute atomic E-state index is 0.0322. The van der Waals surface area contributed by atoms with Crippen molar-refractivity contribution in [1.82, 2.24) is 25.2 Å². The molecule has 0 radical (unpaired) electrons. The first-order chi connectivity index (χ1) is 33.1. The highest BCUT2D eigenvalue weighted by Crippen LogP contribution is 2.66. The summed E-state index contributed by atoms with van der Waals surface area (Å²) in [4.78, 5) is 83.9. The average Bonchev–Trinajstić information content (AvgIpc) is 3.89. The van der Waals surface area contributed by atoms with Gasteiger partial charge in [0.2, 0.25) is 5.91 Å². The molecule has 0 aliphatic carbocycles. The third-order valence-corrected chi connectivity index (χ3v) is 14.9. The molecule has 2 unspecified atom stereocenters. The molecule has 5 aromatic rings. The number of nitrogens with two attached hydrogens (primary N) is 1. The number of aliphatic hydroxyl groups excluding tert-OH is 2. The van der Waals surface area contributed by atoms with Gasteiger partial charge >= 0.3 is 29.4 Å². The fraction of sp³-hybridized carbons (Fsp3) is 0.293. The number of nitrogens with zero attached hydrogens (tertiary/aromatic N) is 3. The molecule has 5 heterocycles. The predicted octanol–water partition coefficient (Wildman–Crippen LogP) is 2.41. The van der Waals surface area contributed by atoms with Crippen LogP contribution in [0.15, 0.2) is 67.1 Å². The molecule has 370 valence electrons. The fourth-order valence-corrected chi connectivity index (χ4v) is 11.1. The van der Waals surface area contributed by atoms with Crippen LogP contribution in [0, 0.1) is 11.8 Å². The normalized spacial score (nSPS) is 20.5. The number of unbranched alkanes of at least 4 members (excludes halogenated alkanes) is 2. The molecular formula is C41H41N6O20P3. The summed E-state index contributed by atoms with van der Waals surface area (Å²) in [5, 5.41) is 47.5. The van der Waals surface area contributed by atoms with Crippen molar-refractivity contribution >= 4 is 58.1 Å². The summed E-state index contributed by atoms with van der Waals surface area (Å²) in [7, 11) is -17.0. The van der Waals surface area contributed by atoms with E-state index in [1.807, 2.05) is 0 Å². The molecule has 3 aromatic carbocycles. The quantitative estimate of drug-likeness (QED) is 0.0292. The minimum atomic E-state index is -5.82. The van der Waals surface area contributed by atoms with E-state index in [4.69, 9.17) is 29.7 Å². The Balaban J connectivity index is 0.812. The Morgan fingerprint density at radius 2 is 1.54 bits per heavy atom.